The summed E-state index contributed by atoms with van der Waals surface area (Å²) in [7, 11) is 0. The number of allylic oxidation sites excluding steroid dienone is 1. The molecule has 6 fully saturated rings. The van der Waals surface area contributed by atoms with Crippen LogP contribution in [0, 0.1) is 46.3 Å². The van der Waals surface area contributed by atoms with E-state index in [1.54, 1.807) is 6.92 Å². The molecular weight excluding hydrogens is 692 g/mol. The molecule has 3 saturated heterocycles. The highest BCUT2D eigenvalue weighted by atomic mass is 16.7. The van der Waals surface area contributed by atoms with Gasteiger partial charge in [0, 0.05) is 24.2 Å². The predicted molar refractivity (Wildman–Crippen MR) is 186 cm³/mol. The first-order valence-corrected chi connectivity index (χ1v) is 20.0. The number of rotatable bonds is 9. The van der Waals surface area contributed by atoms with Gasteiger partial charge in [0.2, 0.25) is 0 Å². The maximum atomic E-state index is 12.0. The molecule has 3 saturated carbocycles. The summed E-state index contributed by atoms with van der Waals surface area (Å²) in [5.41, 5.74) is 0.695. The molecule has 3 heterocycles. The highest BCUT2D eigenvalue weighted by Crippen LogP contribution is 2.70. The highest BCUT2D eigenvalue weighted by molar-refractivity contribution is 5.28. The Morgan fingerprint density at radius 3 is 2.30 bits per heavy atom. The van der Waals surface area contributed by atoms with E-state index in [-0.39, 0.29) is 41.8 Å². The molecule has 3 aliphatic heterocycles. The molecule has 22 atom stereocenters. The van der Waals surface area contributed by atoms with Crippen molar-refractivity contribution in [2.45, 2.75) is 171 Å². The van der Waals surface area contributed by atoms with E-state index in [4.69, 9.17) is 23.7 Å². The van der Waals surface area contributed by atoms with Crippen LogP contribution in [-0.4, -0.2) is 145 Å². The summed E-state index contributed by atoms with van der Waals surface area (Å²) >= 11 is 0. The molecule has 7 rings (SSSR count). The molecule has 1 unspecified atom stereocenters. The lowest BCUT2D eigenvalue weighted by Crippen LogP contribution is -2.61. The predicted octanol–water partition coefficient (Wildman–Crippen LogP) is 0.315. The van der Waals surface area contributed by atoms with Crippen molar-refractivity contribution >= 4 is 0 Å². The quantitative estimate of drug-likeness (QED) is 0.145. The normalized spacial score (nSPS) is 55.8. The standard InChI is InChI=1S/C39H64O14/c1-17(16-49-35-33(46)32(45)30(43)26(15-40)51-35)8-11-39(48)18(2)28-25(53-39)14-24-22-7-6-20-12-21(41)13-27(38(20,5)23(22)9-10-37(24,28)4)52-36-34(47)31(44)29(42)19(3)50-36/h6,17-19,21-36,40-48H,7-16H2,1-5H3/t17?,18-,19+,21+,22+,23-,24-,25-,26+,27+,28-,29-,30+,31-,32-,33+,34+,35+,36-,37-,38-,39+/m0/s1. The van der Waals surface area contributed by atoms with Gasteiger partial charge in [-0.3, -0.25) is 0 Å². The average Bonchev–Trinajstić information content (AvgIpc) is 3.56. The second-order valence-corrected chi connectivity index (χ2v) is 18.3. The lowest BCUT2D eigenvalue weighted by Gasteiger charge is -2.60. The van der Waals surface area contributed by atoms with E-state index in [1.165, 1.54) is 5.57 Å². The zero-order valence-electron chi connectivity index (χ0n) is 31.7. The maximum Gasteiger partial charge on any atom is 0.186 e. The lowest BCUT2D eigenvalue weighted by molar-refractivity contribution is -0.318. The van der Waals surface area contributed by atoms with Crippen LogP contribution in [0.3, 0.4) is 0 Å². The number of fused-ring (bicyclic) bond motifs is 7. The minimum atomic E-state index is -1.51. The molecule has 0 radical (unpaired) electrons. The van der Waals surface area contributed by atoms with Gasteiger partial charge in [-0.25, -0.2) is 0 Å². The number of ether oxygens (including phenoxy) is 5. The van der Waals surface area contributed by atoms with Gasteiger partial charge in [-0.15, -0.1) is 0 Å². The Labute approximate surface area is 312 Å². The van der Waals surface area contributed by atoms with E-state index >= 15 is 0 Å². The Kier molecular flexibility index (Phi) is 11.3. The summed E-state index contributed by atoms with van der Waals surface area (Å²) in [6.45, 7) is 9.96. The molecule has 0 aromatic rings. The van der Waals surface area contributed by atoms with E-state index in [9.17, 15) is 46.0 Å². The van der Waals surface area contributed by atoms with Crippen molar-refractivity contribution in [1.29, 1.82) is 0 Å². The Morgan fingerprint density at radius 1 is 0.887 bits per heavy atom. The molecule has 0 spiro atoms. The minimum absolute atomic E-state index is 0.0498. The van der Waals surface area contributed by atoms with Gasteiger partial charge in [0.1, 0.15) is 42.7 Å². The van der Waals surface area contributed by atoms with Crippen LogP contribution < -0.4 is 0 Å². The van der Waals surface area contributed by atoms with Crippen LogP contribution in [0.25, 0.3) is 0 Å². The fourth-order valence-electron chi connectivity index (χ4n) is 12.1. The van der Waals surface area contributed by atoms with E-state index in [0.29, 0.717) is 37.5 Å². The zero-order valence-corrected chi connectivity index (χ0v) is 31.7. The highest BCUT2D eigenvalue weighted by Gasteiger charge is 2.68. The van der Waals surface area contributed by atoms with Gasteiger partial charge in [-0.2, -0.15) is 0 Å². The van der Waals surface area contributed by atoms with Crippen molar-refractivity contribution in [3.05, 3.63) is 11.6 Å². The zero-order chi connectivity index (χ0) is 38.4. The van der Waals surface area contributed by atoms with E-state index in [0.717, 1.165) is 25.7 Å². The first-order valence-electron chi connectivity index (χ1n) is 20.0. The second-order valence-electron chi connectivity index (χ2n) is 18.3. The third-order valence-electron chi connectivity index (χ3n) is 15.3. The topological polar surface area (TPSA) is 228 Å². The summed E-state index contributed by atoms with van der Waals surface area (Å²) < 4.78 is 30.3. The lowest BCUT2D eigenvalue weighted by atomic mass is 9.46. The molecule has 304 valence electrons. The van der Waals surface area contributed by atoms with Gasteiger partial charge in [-0.1, -0.05) is 39.3 Å². The molecule has 9 N–H and O–H groups in total. The van der Waals surface area contributed by atoms with Crippen LogP contribution in [0.15, 0.2) is 11.6 Å². The van der Waals surface area contributed by atoms with Crippen LogP contribution in [-0.2, 0) is 23.7 Å². The third kappa shape index (κ3) is 6.67. The monoisotopic (exact) mass is 756 g/mol. The Morgan fingerprint density at radius 2 is 1.58 bits per heavy atom. The smallest absolute Gasteiger partial charge is 0.186 e. The van der Waals surface area contributed by atoms with Crippen molar-refractivity contribution < 1.29 is 69.6 Å². The largest absolute Gasteiger partial charge is 0.394 e. The summed E-state index contributed by atoms with van der Waals surface area (Å²) in [5.74, 6) is -0.366. The van der Waals surface area contributed by atoms with E-state index in [1.807, 2.05) is 6.92 Å². The van der Waals surface area contributed by atoms with Gasteiger partial charge in [0.15, 0.2) is 18.4 Å². The molecular formula is C39H64O14. The van der Waals surface area contributed by atoms with Gasteiger partial charge < -0.3 is 69.6 Å². The van der Waals surface area contributed by atoms with Crippen LogP contribution in [0.5, 0.6) is 0 Å². The summed E-state index contributed by atoms with van der Waals surface area (Å²) in [4.78, 5) is 0. The SMILES string of the molecule is CC(CC[C@@]1(O)O[C@H]2C[C@H]3[C@@H]4CC=C5C[C@@H](O)C[C@@H](O[C@@H]6O[C@H](C)[C@H](O)[C@H](O)[C@H]6O)[C@]5(C)[C@H]4CC[C@]3(C)[C@H]2[C@@H]1C)CO[C@@H]1O[C@H](CO)[C@@H](O)[C@H](O)[C@H]1O. The van der Waals surface area contributed by atoms with Crippen molar-refractivity contribution in [3.8, 4) is 0 Å². The third-order valence-corrected chi connectivity index (χ3v) is 15.3. The number of hydrogen-bond acceptors (Lipinski definition) is 14. The fourth-order valence-corrected chi connectivity index (χ4v) is 12.1. The van der Waals surface area contributed by atoms with Crippen LogP contribution in [0.1, 0.15) is 86.0 Å². The molecule has 53 heavy (non-hydrogen) atoms. The van der Waals surface area contributed by atoms with E-state index < -0.39 is 91.4 Å². The van der Waals surface area contributed by atoms with Gasteiger partial charge in [-0.05, 0) is 80.5 Å². The van der Waals surface area contributed by atoms with Crippen molar-refractivity contribution in [1.82, 2.24) is 0 Å². The average molecular weight is 757 g/mol. The van der Waals surface area contributed by atoms with Crippen molar-refractivity contribution in [2.24, 2.45) is 46.3 Å². The molecule has 4 aliphatic carbocycles. The van der Waals surface area contributed by atoms with Gasteiger partial charge in [0.05, 0.1) is 37.6 Å². The molecule has 14 nitrogen and oxygen atoms in total. The molecule has 0 bridgehead atoms. The fraction of sp³-hybridized carbons (Fsp3) is 0.949. The van der Waals surface area contributed by atoms with Gasteiger partial charge >= 0.3 is 0 Å². The van der Waals surface area contributed by atoms with Crippen molar-refractivity contribution in [2.75, 3.05) is 13.2 Å². The Bertz CT molecular complexity index is 1330. The molecule has 0 amide bonds. The minimum Gasteiger partial charge on any atom is -0.394 e. The van der Waals surface area contributed by atoms with E-state index in [2.05, 4.69) is 26.8 Å². The maximum absolute atomic E-state index is 12.0. The second kappa shape index (κ2) is 14.8. The first-order chi connectivity index (χ1) is 24.9. The Hall–Kier alpha value is -0.820. The van der Waals surface area contributed by atoms with Crippen molar-refractivity contribution in [3.63, 3.8) is 0 Å². The van der Waals surface area contributed by atoms with Crippen LogP contribution in [0.4, 0.5) is 0 Å². The molecule has 14 heteroatoms. The molecule has 7 aliphatic rings. The van der Waals surface area contributed by atoms with Crippen LogP contribution >= 0.6 is 0 Å². The summed E-state index contributed by atoms with van der Waals surface area (Å²) in [6.07, 6.45) is -5.88. The number of aliphatic hydroxyl groups excluding tert-OH is 8. The molecule has 0 aromatic carbocycles. The summed E-state index contributed by atoms with van der Waals surface area (Å²) in [6, 6.07) is 0. The number of hydrogen-bond donors (Lipinski definition) is 9. The van der Waals surface area contributed by atoms with Crippen LogP contribution in [0.2, 0.25) is 0 Å². The van der Waals surface area contributed by atoms with Gasteiger partial charge in [0.25, 0.3) is 0 Å². The summed E-state index contributed by atoms with van der Waals surface area (Å²) in [5, 5.41) is 94.5. The molecule has 0 aromatic heterocycles. The Balaban J connectivity index is 1.00. The number of aliphatic hydroxyl groups is 9. The first kappa shape index (κ1) is 40.4.